The number of alkyl halides is 3. The van der Waals surface area contributed by atoms with Gasteiger partial charge in [0.05, 0.1) is 12.0 Å². The highest BCUT2D eigenvalue weighted by molar-refractivity contribution is 5.84. The van der Waals surface area contributed by atoms with Crippen LogP contribution in [0.5, 0.6) is 5.75 Å². The molecule has 0 fully saturated rings. The zero-order valence-electron chi connectivity index (χ0n) is 14.7. The fourth-order valence-corrected chi connectivity index (χ4v) is 2.02. The van der Waals surface area contributed by atoms with Crippen molar-refractivity contribution < 1.29 is 37.3 Å². The molecular weight excluding hydrogens is 355 g/mol. The molecule has 6 nitrogen and oxygen atoms in total. The second kappa shape index (κ2) is 8.88. The van der Waals surface area contributed by atoms with Gasteiger partial charge < -0.3 is 19.9 Å². The van der Waals surface area contributed by atoms with Gasteiger partial charge in [-0.1, -0.05) is 12.1 Å². The van der Waals surface area contributed by atoms with Crippen molar-refractivity contribution in [1.82, 2.24) is 5.32 Å². The Morgan fingerprint density at radius 3 is 2.42 bits per heavy atom. The maximum atomic E-state index is 12.2. The second-order valence-electron chi connectivity index (χ2n) is 6.58. The van der Waals surface area contributed by atoms with Crippen molar-refractivity contribution in [3.8, 4) is 5.75 Å². The summed E-state index contributed by atoms with van der Waals surface area (Å²) < 4.78 is 45.9. The predicted molar refractivity (Wildman–Crippen MR) is 86.7 cm³/mol. The Morgan fingerprint density at radius 1 is 1.23 bits per heavy atom. The van der Waals surface area contributed by atoms with Crippen molar-refractivity contribution in [2.45, 2.75) is 51.6 Å². The van der Waals surface area contributed by atoms with E-state index in [0.29, 0.717) is 0 Å². The number of carbonyl (C=O) groups excluding carboxylic acids is 1. The molecule has 0 aliphatic rings. The number of benzene rings is 1. The Bertz CT molecular complexity index is 626. The summed E-state index contributed by atoms with van der Waals surface area (Å²) >= 11 is 0. The minimum absolute atomic E-state index is 0.0650. The van der Waals surface area contributed by atoms with Crippen LogP contribution in [0.15, 0.2) is 24.3 Å². The highest BCUT2D eigenvalue weighted by Gasteiger charge is 2.31. The van der Waals surface area contributed by atoms with Crippen molar-refractivity contribution in [2.24, 2.45) is 0 Å². The van der Waals surface area contributed by atoms with Crippen molar-refractivity contribution in [1.29, 1.82) is 0 Å². The number of ether oxygens (including phenoxy) is 2. The minimum Gasteiger partial charge on any atom is -0.480 e. The van der Waals surface area contributed by atoms with Crippen LogP contribution in [0.1, 0.15) is 32.8 Å². The fraction of sp³-hybridized carbons (Fsp3) is 0.529. The van der Waals surface area contributed by atoms with Crippen molar-refractivity contribution in [3.05, 3.63) is 29.8 Å². The maximum absolute atomic E-state index is 12.2. The average molecular weight is 377 g/mol. The van der Waals surface area contributed by atoms with E-state index in [1.54, 1.807) is 0 Å². The Balaban J connectivity index is 2.62. The molecule has 0 spiro atoms. The summed E-state index contributed by atoms with van der Waals surface area (Å²) in [6.07, 6.45) is -5.04. The Labute approximate surface area is 149 Å². The van der Waals surface area contributed by atoms with Gasteiger partial charge in [0.1, 0.15) is 11.8 Å². The highest BCUT2D eigenvalue weighted by Crippen LogP contribution is 2.23. The molecule has 0 heterocycles. The Hall–Kier alpha value is -2.29. The summed E-state index contributed by atoms with van der Waals surface area (Å²) in [7, 11) is 0. The largest absolute Gasteiger partial charge is 0.573 e. The molecule has 1 atom stereocenters. The first-order valence-electron chi connectivity index (χ1n) is 7.86. The van der Waals surface area contributed by atoms with Gasteiger partial charge in [0, 0.05) is 13.0 Å². The third-order valence-electron chi connectivity index (χ3n) is 3.07. The van der Waals surface area contributed by atoms with E-state index in [2.05, 4.69) is 10.1 Å². The number of carboxylic acid groups (broad SMARTS) is 1. The summed E-state index contributed by atoms with van der Waals surface area (Å²) in [4.78, 5) is 23.2. The smallest absolute Gasteiger partial charge is 0.480 e. The van der Waals surface area contributed by atoms with Gasteiger partial charge in [-0.3, -0.25) is 4.79 Å². The van der Waals surface area contributed by atoms with Crippen molar-refractivity contribution >= 4 is 11.9 Å². The first-order chi connectivity index (χ1) is 11.9. The van der Waals surface area contributed by atoms with Crippen LogP contribution in [0.2, 0.25) is 0 Å². The summed E-state index contributed by atoms with van der Waals surface area (Å²) in [5, 5.41) is 11.5. The molecule has 0 saturated carbocycles. The zero-order valence-corrected chi connectivity index (χ0v) is 14.7. The third-order valence-corrected chi connectivity index (χ3v) is 3.07. The number of aliphatic carboxylic acids is 1. The number of hydrogen-bond donors (Lipinski definition) is 2. The lowest BCUT2D eigenvalue weighted by Crippen LogP contribution is -2.42. The maximum Gasteiger partial charge on any atom is 0.573 e. The molecule has 26 heavy (non-hydrogen) atoms. The third kappa shape index (κ3) is 9.26. The molecule has 0 aromatic heterocycles. The molecule has 0 radical (unpaired) electrons. The molecule has 1 amide bonds. The van der Waals surface area contributed by atoms with Gasteiger partial charge in [-0.25, -0.2) is 4.79 Å². The fourth-order valence-electron chi connectivity index (χ4n) is 2.02. The Kier molecular flexibility index (Phi) is 7.43. The van der Waals surface area contributed by atoms with E-state index >= 15 is 0 Å². The highest BCUT2D eigenvalue weighted by atomic mass is 19.4. The van der Waals surface area contributed by atoms with E-state index in [-0.39, 0.29) is 25.0 Å². The first kappa shape index (κ1) is 21.8. The van der Waals surface area contributed by atoms with E-state index in [9.17, 15) is 27.9 Å². The topological polar surface area (TPSA) is 84.9 Å². The average Bonchev–Trinajstić information content (AvgIpc) is 2.43. The minimum atomic E-state index is -4.83. The van der Waals surface area contributed by atoms with E-state index in [1.165, 1.54) is 12.1 Å². The predicted octanol–water partition coefficient (Wildman–Crippen LogP) is 2.90. The molecule has 0 bridgehead atoms. The SMILES string of the molecule is CC(C)(C)OCCC(NC(=O)Cc1cccc(OC(F)(F)F)c1)C(=O)O. The van der Waals surface area contributed by atoms with Crippen molar-refractivity contribution in [3.63, 3.8) is 0 Å². The lowest BCUT2D eigenvalue weighted by Gasteiger charge is -2.21. The number of nitrogens with one attached hydrogen (secondary N) is 1. The number of rotatable bonds is 8. The van der Waals surface area contributed by atoms with Crippen LogP contribution in [0.3, 0.4) is 0 Å². The quantitative estimate of drug-likeness (QED) is 0.728. The molecule has 0 saturated heterocycles. The molecule has 1 rings (SSSR count). The van der Waals surface area contributed by atoms with Crippen LogP contribution in [-0.2, 0) is 20.7 Å². The number of halogens is 3. The van der Waals surface area contributed by atoms with Gasteiger partial charge in [-0.15, -0.1) is 13.2 Å². The molecule has 2 N–H and O–H groups in total. The first-order valence-corrected chi connectivity index (χ1v) is 7.86. The van der Waals surface area contributed by atoms with Crippen LogP contribution >= 0.6 is 0 Å². The number of hydrogen-bond acceptors (Lipinski definition) is 4. The molecular formula is C17H22F3NO5. The summed E-state index contributed by atoms with van der Waals surface area (Å²) in [5.41, 5.74) is -0.175. The number of amides is 1. The molecule has 146 valence electrons. The lowest BCUT2D eigenvalue weighted by molar-refractivity contribution is -0.274. The normalized spacial score (nSPS) is 13.2. The molecule has 0 aliphatic heterocycles. The summed E-state index contributed by atoms with van der Waals surface area (Å²) in [6.45, 7) is 5.59. The molecule has 1 aromatic carbocycles. The second-order valence-corrected chi connectivity index (χ2v) is 6.58. The van der Waals surface area contributed by atoms with Crippen LogP contribution in [-0.4, -0.2) is 41.6 Å². The Morgan fingerprint density at radius 2 is 1.88 bits per heavy atom. The lowest BCUT2D eigenvalue weighted by atomic mass is 10.1. The number of carbonyl (C=O) groups is 2. The van der Waals surface area contributed by atoms with Gasteiger partial charge in [0.2, 0.25) is 5.91 Å². The molecule has 1 unspecified atom stereocenters. The van der Waals surface area contributed by atoms with Crippen LogP contribution in [0.25, 0.3) is 0 Å². The molecule has 1 aromatic rings. The standard InChI is InChI=1S/C17H22F3NO5/c1-16(2,3)25-8-7-13(15(23)24)21-14(22)10-11-5-4-6-12(9-11)26-17(18,19)20/h4-6,9,13H,7-8,10H2,1-3H3,(H,21,22)(H,23,24). The van der Waals surface area contributed by atoms with Crippen LogP contribution in [0.4, 0.5) is 13.2 Å². The summed E-state index contributed by atoms with van der Waals surface area (Å²) in [5.74, 6) is -2.29. The summed E-state index contributed by atoms with van der Waals surface area (Å²) in [6, 6.07) is 3.79. The van der Waals surface area contributed by atoms with Gasteiger partial charge in [0.15, 0.2) is 0 Å². The zero-order chi connectivity index (χ0) is 20.0. The monoisotopic (exact) mass is 377 g/mol. The van der Waals surface area contributed by atoms with Gasteiger partial charge in [0.25, 0.3) is 0 Å². The molecule has 0 aliphatic carbocycles. The van der Waals surface area contributed by atoms with E-state index in [1.807, 2.05) is 20.8 Å². The van der Waals surface area contributed by atoms with Gasteiger partial charge in [-0.05, 0) is 38.5 Å². The van der Waals surface area contributed by atoms with E-state index in [0.717, 1.165) is 12.1 Å². The van der Waals surface area contributed by atoms with E-state index in [4.69, 9.17) is 4.74 Å². The van der Waals surface area contributed by atoms with Gasteiger partial charge in [-0.2, -0.15) is 0 Å². The van der Waals surface area contributed by atoms with Crippen LogP contribution in [0, 0.1) is 0 Å². The van der Waals surface area contributed by atoms with Crippen molar-refractivity contribution in [2.75, 3.05) is 6.61 Å². The molecule has 9 heteroatoms. The van der Waals surface area contributed by atoms with E-state index < -0.39 is 35.6 Å². The van der Waals surface area contributed by atoms with Gasteiger partial charge >= 0.3 is 12.3 Å². The number of carboxylic acids is 1. The van der Waals surface area contributed by atoms with Crippen LogP contribution < -0.4 is 10.1 Å².